The number of hydrogen-bond donors (Lipinski definition) is 0. The number of benzene rings is 12. The van der Waals surface area contributed by atoms with Crippen LogP contribution in [0.3, 0.4) is 0 Å². The molecule has 402 valence electrons. The molecule has 0 amide bonds. The smallest absolute Gasteiger partial charge is 0.0725 e. The first-order valence-electron chi connectivity index (χ1n) is 30.0. The van der Waals surface area contributed by atoms with Crippen LogP contribution in [0.2, 0.25) is 0 Å². The van der Waals surface area contributed by atoms with Crippen molar-refractivity contribution in [2.45, 2.75) is 45.4 Å². The Morgan fingerprint density at radius 2 is 0.714 bits per heavy atom. The predicted molar refractivity (Wildman–Crippen MR) is 354 cm³/mol. The normalized spacial score (nSPS) is 14.5. The highest BCUT2D eigenvalue weighted by atomic mass is 15.1. The van der Waals surface area contributed by atoms with E-state index in [4.69, 9.17) is 0 Å². The molecule has 3 heteroatoms. The van der Waals surface area contributed by atoms with E-state index >= 15 is 0 Å². The second-order valence-electron chi connectivity index (χ2n) is 24.1. The van der Waals surface area contributed by atoms with Crippen LogP contribution in [0, 0.1) is 11.8 Å². The van der Waals surface area contributed by atoms with Gasteiger partial charge in [0, 0.05) is 50.0 Å². The van der Waals surface area contributed by atoms with E-state index in [2.05, 4.69) is 321 Å². The SMILES string of the molecule is CC(C)CC(c1ccc(-c2ccc3c(c2)C2(c4ccccc4-3)c3ccccc3-c3ccc(-c4ccc(N(c5ccc6c7ccccc7n(-c7ccccc7)c6c5)c5ccc6c7ccccc7n(-c7ccccc7)c6c5)cc4)cc32)cc1)C(C)C. The molecule has 0 fully saturated rings. The summed E-state index contributed by atoms with van der Waals surface area (Å²) in [6.45, 7) is 9.43. The molecule has 2 atom stereocenters. The van der Waals surface area contributed by atoms with Crippen LogP contribution >= 0.6 is 0 Å². The van der Waals surface area contributed by atoms with Gasteiger partial charge in [-0.25, -0.2) is 0 Å². The molecule has 12 aromatic carbocycles. The standard InChI is InChI=1S/C81H63N3/c1-52(2)47-72(53(3)4)56-33-31-54(32-34-56)57-37-43-66-64-23-11-15-27-73(64)81(75(66)48-57)74-28-16-12-24-65(74)67-44-38-58(49-76(67)81)55-35-39-61(40-36-55)82(62-41-45-70-68-25-13-17-29-77(68)83(79(70)50-62)59-19-7-5-8-20-59)63-42-46-71-69-26-14-18-30-78(69)84(80(71)51-63)60-21-9-6-10-22-60/h5-46,48-53,72H,47H2,1-4H3. The van der Waals surface area contributed by atoms with Gasteiger partial charge in [-0.15, -0.1) is 0 Å². The van der Waals surface area contributed by atoms with Crippen molar-refractivity contribution in [3.63, 3.8) is 0 Å². The van der Waals surface area contributed by atoms with Crippen LogP contribution in [0.1, 0.15) is 67.9 Å². The third-order valence-electron chi connectivity index (χ3n) is 18.6. The Hall–Kier alpha value is -9.96. The van der Waals surface area contributed by atoms with Crippen molar-refractivity contribution in [2.75, 3.05) is 4.90 Å². The van der Waals surface area contributed by atoms with Gasteiger partial charge in [0.15, 0.2) is 0 Å². The van der Waals surface area contributed by atoms with Crippen LogP contribution in [0.15, 0.2) is 279 Å². The minimum Gasteiger partial charge on any atom is -0.310 e. The molecule has 2 aromatic heterocycles. The maximum atomic E-state index is 2.52. The fourth-order valence-electron chi connectivity index (χ4n) is 14.9. The Morgan fingerprint density at radius 1 is 0.321 bits per heavy atom. The van der Waals surface area contributed by atoms with E-state index in [-0.39, 0.29) is 0 Å². The first kappa shape index (κ1) is 49.8. The number of hydrogen-bond acceptors (Lipinski definition) is 1. The van der Waals surface area contributed by atoms with Crippen LogP contribution in [0.5, 0.6) is 0 Å². The molecule has 16 rings (SSSR count). The van der Waals surface area contributed by atoms with E-state index in [0.717, 1.165) is 39.5 Å². The van der Waals surface area contributed by atoms with Gasteiger partial charge in [0.25, 0.3) is 0 Å². The molecule has 0 aliphatic heterocycles. The molecule has 1 spiro atoms. The van der Waals surface area contributed by atoms with Crippen LogP contribution in [0.4, 0.5) is 17.1 Å². The Morgan fingerprint density at radius 3 is 1.19 bits per heavy atom. The average molecular weight is 1080 g/mol. The molecular formula is C81H63N3. The summed E-state index contributed by atoms with van der Waals surface area (Å²) in [5.41, 5.74) is 26.6. The fraction of sp³-hybridized carbons (Fsp3) is 0.111. The number of anilines is 3. The molecule has 2 aliphatic carbocycles. The lowest BCUT2D eigenvalue weighted by atomic mass is 9.70. The highest BCUT2D eigenvalue weighted by Crippen LogP contribution is 2.63. The van der Waals surface area contributed by atoms with Crippen molar-refractivity contribution in [3.8, 4) is 55.9 Å². The van der Waals surface area contributed by atoms with Gasteiger partial charge in [0.1, 0.15) is 0 Å². The Kier molecular flexibility index (Phi) is 11.6. The quantitative estimate of drug-likeness (QED) is 0.126. The van der Waals surface area contributed by atoms with Gasteiger partial charge >= 0.3 is 0 Å². The Labute approximate surface area is 492 Å². The molecule has 0 saturated heterocycles. The van der Waals surface area contributed by atoms with Gasteiger partial charge in [-0.2, -0.15) is 0 Å². The number of fused-ring (bicyclic) bond motifs is 16. The van der Waals surface area contributed by atoms with Crippen molar-refractivity contribution in [1.29, 1.82) is 0 Å². The van der Waals surface area contributed by atoms with Crippen LogP contribution in [-0.2, 0) is 5.41 Å². The summed E-state index contributed by atoms with van der Waals surface area (Å²) >= 11 is 0. The first-order valence-corrected chi connectivity index (χ1v) is 30.0. The zero-order chi connectivity index (χ0) is 56.2. The van der Waals surface area contributed by atoms with Gasteiger partial charge in [-0.05, 0) is 181 Å². The highest BCUT2D eigenvalue weighted by molar-refractivity contribution is 6.12. The van der Waals surface area contributed by atoms with Crippen molar-refractivity contribution in [1.82, 2.24) is 9.13 Å². The van der Waals surface area contributed by atoms with E-state index in [1.54, 1.807) is 0 Å². The number of aromatic nitrogens is 2. The molecule has 2 unspecified atom stereocenters. The number of para-hydroxylation sites is 4. The minimum atomic E-state index is -0.498. The largest absolute Gasteiger partial charge is 0.310 e. The summed E-state index contributed by atoms with van der Waals surface area (Å²) in [6.07, 6.45) is 1.19. The molecule has 14 aromatic rings. The van der Waals surface area contributed by atoms with Crippen LogP contribution in [0.25, 0.3) is 99.5 Å². The summed E-state index contributed by atoms with van der Waals surface area (Å²) in [5.74, 6) is 1.77. The maximum Gasteiger partial charge on any atom is 0.0725 e. The zero-order valence-corrected chi connectivity index (χ0v) is 47.8. The van der Waals surface area contributed by atoms with Crippen LogP contribution < -0.4 is 4.90 Å². The number of nitrogens with zero attached hydrogens (tertiary/aromatic N) is 3. The molecule has 3 nitrogen and oxygen atoms in total. The first-order chi connectivity index (χ1) is 41.3. The summed E-state index contributed by atoms with van der Waals surface area (Å²) < 4.78 is 4.83. The number of rotatable bonds is 11. The lowest BCUT2D eigenvalue weighted by Crippen LogP contribution is -2.26. The van der Waals surface area contributed by atoms with Crippen LogP contribution in [-0.4, -0.2) is 9.13 Å². The minimum absolute atomic E-state index is 0.498. The third-order valence-corrected chi connectivity index (χ3v) is 18.6. The summed E-state index contributed by atoms with van der Waals surface area (Å²) in [7, 11) is 0. The lowest BCUT2D eigenvalue weighted by molar-refractivity contribution is 0.408. The summed E-state index contributed by atoms with van der Waals surface area (Å²) in [4.78, 5) is 2.45. The zero-order valence-electron chi connectivity index (χ0n) is 47.8. The van der Waals surface area contributed by atoms with Crippen molar-refractivity contribution >= 4 is 60.7 Å². The second kappa shape index (κ2) is 19.6. The second-order valence-corrected chi connectivity index (χ2v) is 24.1. The Balaban J connectivity index is 0.849. The molecule has 0 N–H and O–H groups in total. The van der Waals surface area contributed by atoms with E-state index in [1.165, 1.54) is 111 Å². The monoisotopic (exact) mass is 1080 g/mol. The van der Waals surface area contributed by atoms with Gasteiger partial charge < -0.3 is 14.0 Å². The summed E-state index contributed by atoms with van der Waals surface area (Å²) in [6, 6.07) is 105. The fourth-order valence-corrected chi connectivity index (χ4v) is 14.9. The summed E-state index contributed by atoms with van der Waals surface area (Å²) in [5, 5.41) is 4.91. The molecule has 0 radical (unpaired) electrons. The van der Waals surface area contributed by atoms with Crippen molar-refractivity contribution < 1.29 is 0 Å². The average Bonchev–Trinajstić information content (AvgIpc) is 1.75. The van der Waals surface area contributed by atoms with Crippen molar-refractivity contribution in [3.05, 3.63) is 307 Å². The van der Waals surface area contributed by atoms with E-state index in [0.29, 0.717) is 17.8 Å². The lowest BCUT2D eigenvalue weighted by Gasteiger charge is -2.31. The molecular weight excluding hydrogens is 1010 g/mol. The molecule has 2 aliphatic rings. The molecule has 2 heterocycles. The maximum absolute atomic E-state index is 2.52. The predicted octanol–water partition coefficient (Wildman–Crippen LogP) is 21.8. The van der Waals surface area contributed by atoms with E-state index in [9.17, 15) is 0 Å². The van der Waals surface area contributed by atoms with Crippen molar-refractivity contribution in [2.24, 2.45) is 11.8 Å². The molecule has 0 bridgehead atoms. The topological polar surface area (TPSA) is 13.1 Å². The van der Waals surface area contributed by atoms with Gasteiger partial charge in [-0.1, -0.05) is 222 Å². The Bertz CT molecular complexity index is 4700. The molecule has 84 heavy (non-hydrogen) atoms. The highest BCUT2D eigenvalue weighted by Gasteiger charge is 2.51. The van der Waals surface area contributed by atoms with Gasteiger partial charge in [-0.3, -0.25) is 0 Å². The third kappa shape index (κ3) is 7.65. The van der Waals surface area contributed by atoms with Gasteiger partial charge in [0.2, 0.25) is 0 Å². The van der Waals surface area contributed by atoms with E-state index in [1.807, 2.05) is 0 Å². The van der Waals surface area contributed by atoms with Gasteiger partial charge in [0.05, 0.1) is 27.5 Å². The molecule has 0 saturated carbocycles. The van der Waals surface area contributed by atoms with E-state index < -0.39 is 5.41 Å².